The van der Waals surface area contributed by atoms with Crippen LogP contribution in [0.4, 0.5) is 11.4 Å². The van der Waals surface area contributed by atoms with Crippen LogP contribution < -0.4 is 0 Å². The third kappa shape index (κ3) is 5.94. The molecule has 0 aliphatic heterocycles. The Kier molecular flexibility index (Phi) is 9.80. The van der Waals surface area contributed by atoms with Gasteiger partial charge in [0.15, 0.2) is 0 Å². The van der Waals surface area contributed by atoms with E-state index in [2.05, 4.69) is 22.1 Å². The molecular formula is C21H25Cl2N2Ni+. The maximum Gasteiger partial charge on any atom is 2.00 e. The van der Waals surface area contributed by atoms with Crippen LogP contribution in [0.15, 0.2) is 34.3 Å². The number of hydrogen-bond donors (Lipinski definition) is 0. The molecule has 0 bridgehead atoms. The minimum atomic E-state index is 0. The van der Waals surface area contributed by atoms with Crippen molar-refractivity contribution in [2.45, 2.75) is 41.5 Å². The van der Waals surface area contributed by atoms with Crippen molar-refractivity contribution >= 4 is 46.0 Å². The molecule has 2 aromatic rings. The zero-order chi connectivity index (χ0) is 18.0. The van der Waals surface area contributed by atoms with Gasteiger partial charge in [-0.3, -0.25) is 9.98 Å². The molecule has 0 unspecified atom stereocenters. The van der Waals surface area contributed by atoms with Gasteiger partial charge >= 0.3 is 16.5 Å². The zero-order valence-electron chi connectivity index (χ0n) is 16.3. The van der Waals surface area contributed by atoms with E-state index in [1.165, 1.54) is 0 Å². The number of nitrogens with zero attached hydrogens (tertiary/aromatic N) is 2. The average molecular weight is 435 g/mol. The number of halogens is 2. The van der Waals surface area contributed by atoms with Crippen LogP contribution >= 0.6 is 23.2 Å². The molecule has 0 aliphatic carbocycles. The molecule has 26 heavy (non-hydrogen) atoms. The molecule has 0 heterocycles. The summed E-state index contributed by atoms with van der Waals surface area (Å²) in [5.74, 6) is 0. The first-order valence-corrected chi connectivity index (χ1v) is 8.59. The van der Waals surface area contributed by atoms with Gasteiger partial charge in [-0.2, -0.15) is 0 Å². The van der Waals surface area contributed by atoms with Crippen molar-refractivity contribution in [3.63, 3.8) is 0 Å². The van der Waals surface area contributed by atoms with Crippen LogP contribution in [0.2, 0.25) is 10.0 Å². The standard InChI is InChI=1S/C20H22Cl2N2.CH3.Ni/c1-11-7-13(3)19(17(21)9-11)23-15(5)16(6)24-20-14(4)8-12(2)10-18(20)22;;/h7-10H,1-6H3;1H3;/q;-1;+2. The van der Waals surface area contributed by atoms with Crippen LogP contribution in [0, 0.1) is 35.1 Å². The molecule has 0 aliphatic rings. The van der Waals surface area contributed by atoms with Crippen LogP contribution in [0.25, 0.3) is 0 Å². The Morgan fingerprint density at radius 1 is 0.692 bits per heavy atom. The Hall–Kier alpha value is -1.15. The zero-order valence-corrected chi connectivity index (χ0v) is 18.8. The van der Waals surface area contributed by atoms with Gasteiger partial charge < -0.3 is 7.43 Å². The molecule has 2 aromatic carbocycles. The van der Waals surface area contributed by atoms with Gasteiger partial charge in [-0.05, 0) is 75.9 Å². The molecule has 0 aromatic heterocycles. The minimum Gasteiger partial charge on any atom is -0.358 e. The second kappa shape index (κ2) is 10.3. The van der Waals surface area contributed by atoms with Gasteiger partial charge in [0.05, 0.1) is 32.8 Å². The first-order chi connectivity index (χ1) is 11.2. The number of rotatable bonds is 3. The van der Waals surface area contributed by atoms with Gasteiger partial charge in [0, 0.05) is 0 Å². The molecule has 0 saturated heterocycles. The quantitative estimate of drug-likeness (QED) is 0.270. The Balaban J connectivity index is 0.00000312. The smallest absolute Gasteiger partial charge is 0.358 e. The third-order valence-electron chi connectivity index (χ3n) is 3.88. The van der Waals surface area contributed by atoms with Crippen LogP contribution in [0.3, 0.4) is 0 Å². The van der Waals surface area contributed by atoms with Gasteiger partial charge in [0.2, 0.25) is 0 Å². The summed E-state index contributed by atoms with van der Waals surface area (Å²) in [4.78, 5) is 9.37. The van der Waals surface area contributed by atoms with Crippen molar-refractivity contribution < 1.29 is 16.5 Å². The summed E-state index contributed by atoms with van der Waals surface area (Å²) in [6.45, 7) is 11.9. The van der Waals surface area contributed by atoms with Crippen molar-refractivity contribution in [1.29, 1.82) is 0 Å². The molecular weight excluding hydrogens is 410 g/mol. The summed E-state index contributed by atoms with van der Waals surface area (Å²) in [5.41, 5.74) is 7.58. The van der Waals surface area contributed by atoms with Gasteiger partial charge in [0.25, 0.3) is 0 Å². The number of aryl methyl sites for hydroxylation is 4. The van der Waals surface area contributed by atoms with Crippen LogP contribution in [0.1, 0.15) is 36.1 Å². The molecule has 2 rings (SSSR count). The van der Waals surface area contributed by atoms with E-state index in [4.69, 9.17) is 23.2 Å². The van der Waals surface area contributed by atoms with E-state index < -0.39 is 0 Å². The van der Waals surface area contributed by atoms with Crippen molar-refractivity contribution in [3.8, 4) is 0 Å². The van der Waals surface area contributed by atoms with E-state index in [1.807, 2.05) is 53.7 Å². The first kappa shape index (κ1) is 24.9. The normalized spacial score (nSPS) is 11.7. The predicted octanol–water partition coefficient (Wildman–Crippen LogP) is 7.56. The summed E-state index contributed by atoms with van der Waals surface area (Å²) in [6.07, 6.45) is 0. The Morgan fingerprint density at radius 3 is 1.27 bits per heavy atom. The summed E-state index contributed by atoms with van der Waals surface area (Å²) >= 11 is 12.7. The molecule has 5 heteroatoms. The monoisotopic (exact) mass is 433 g/mol. The van der Waals surface area contributed by atoms with Gasteiger partial charge in [-0.25, -0.2) is 0 Å². The molecule has 2 nitrogen and oxygen atoms in total. The maximum absolute atomic E-state index is 6.34. The summed E-state index contributed by atoms with van der Waals surface area (Å²) in [6, 6.07) is 8.00. The van der Waals surface area contributed by atoms with Crippen LogP contribution in [0.5, 0.6) is 0 Å². The number of aliphatic imine (C=N–C) groups is 2. The Morgan fingerprint density at radius 2 is 1.00 bits per heavy atom. The molecule has 0 amide bonds. The number of benzene rings is 2. The van der Waals surface area contributed by atoms with Crippen molar-refractivity contribution in [3.05, 3.63) is 64.0 Å². The third-order valence-corrected chi connectivity index (χ3v) is 4.46. The van der Waals surface area contributed by atoms with E-state index in [0.29, 0.717) is 10.0 Å². The largest absolute Gasteiger partial charge is 2.00 e. The van der Waals surface area contributed by atoms with Crippen LogP contribution in [-0.4, -0.2) is 11.4 Å². The molecule has 0 fully saturated rings. The summed E-state index contributed by atoms with van der Waals surface area (Å²) in [7, 11) is 0. The van der Waals surface area contributed by atoms with Gasteiger partial charge in [0.1, 0.15) is 0 Å². The molecule has 0 spiro atoms. The van der Waals surface area contributed by atoms with Crippen molar-refractivity contribution in [1.82, 2.24) is 0 Å². The van der Waals surface area contributed by atoms with Crippen LogP contribution in [-0.2, 0) is 16.5 Å². The molecule has 0 radical (unpaired) electrons. The summed E-state index contributed by atoms with van der Waals surface area (Å²) < 4.78 is 0. The molecule has 0 N–H and O–H groups in total. The Labute approximate surface area is 177 Å². The molecule has 0 saturated carbocycles. The molecule has 142 valence electrons. The maximum atomic E-state index is 6.34. The second-order valence-corrected chi connectivity index (χ2v) is 7.03. The van der Waals surface area contributed by atoms with Gasteiger partial charge in [-0.1, -0.05) is 35.3 Å². The minimum absolute atomic E-state index is 0. The van der Waals surface area contributed by atoms with E-state index >= 15 is 0 Å². The van der Waals surface area contributed by atoms with E-state index in [1.54, 1.807) is 0 Å². The van der Waals surface area contributed by atoms with E-state index in [0.717, 1.165) is 45.1 Å². The fraction of sp³-hybridized carbons (Fsp3) is 0.286. The fourth-order valence-electron chi connectivity index (χ4n) is 2.60. The van der Waals surface area contributed by atoms with Crippen molar-refractivity contribution in [2.75, 3.05) is 0 Å². The SMILES string of the molecule is CC(=Nc1c(C)cc(C)cc1Cl)C(C)=Nc1c(C)cc(C)cc1Cl.[CH3-].[Ni+2]. The Bertz CT molecular complexity index is 738. The molecule has 0 atom stereocenters. The predicted molar refractivity (Wildman–Crippen MR) is 114 cm³/mol. The van der Waals surface area contributed by atoms with E-state index in [9.17, 15) is 0 Å². The summed E-state index contributed by atoms with van der Waals surface area (Å²) in [5, 5.41) is 1.31. The van der Waals surface area contributed by atoms with Crippen molar-refractivity contribution in [2.24, 2.45) is 9.98 Å². The second-order valence-electron chi connectivity index (χ2n) is 6.22. The van der Waals surface area contributed by atoms with E-state index in [-0.39, 0.29) is 23.9 Å². The first-order valence-electron chi connectivity index (χ1n) is 7.83. The van der Waals surface area contributed by atoms with Gasteiger partial charge in [-0.15, -0.1) is 0 Å². The fourth-order valence-corrected chi connectivity index (χ4v) is 3.32. The number of hydrogen-bond acceptors (Lipinski definition) is 2. The topological polar surface area (TPSA) is 24.7 Å². The average Bonchev–Trinajstić information content (AvgIpc) is 2.46.